The van der Waals surface area contributed by atoms with Crippen molar-refractivity contribution >= 4 is 32.9 Å². The van der Waals surface area contributed by atoms with Crippen LogP contribution in [0, 0.1) is 12.7 Å². The van der Waals surface area contributed by atoms with E-state index in [1.165, 1.54) is 29.0 Å². The van der Waals surface area contributed by atoms with E-state index in [1.54, 1.807) is 12.3 Å². The molecule has 1 aliphatic rings. The highest BCUT2D eigenvalue weighted by Gasteiger charge is 2.23. The largest absolute Gasteiger partial charge is 0.381 e. The fourth-order valence-corrected chi connectivity index (χ4v) is 4.17. The summed E-state index contributed by atoms with van der Waals surface area (Å²) in [7, 11) is -4.00. The molecule has 0 spiro atoms. The molecule has 124 valence electrons. The number of rotatable bonds is 5. The van der Waals surface area contributed by atoms with Crippen molar-refractivity contribution in [1.29, 1.82) is 0 Å². The Morgan fingerprint density at radius 2 is 2.26 bits per heavy atom. The lowest BCUT2D eigenvalue weighted by Crippen LogP contribution is -2.23. The highest BCUT2D eigenvalue weighted by molar-refractivity contribution is 7.92. The van der Waals surface area contributed by atoms with E-state index < -0.39 is 15.8 Å². The van der Waals surface area contributed by atoms with Crippen molar-refractivity contribution in [3.8, 4) is 0 Å². The number of thiazole rings is 1. The molecule has 0 radical (unpaired) electrons. The van der Waals surface area contributed by atoms with E-state index >= 15 is 0 Å². The second-order valence-electron chi connectivity index (χ2n) is 5.41. The number of aryl methyl sites for hydroxylation is 1. The van der Waals surface area contributed by atoms with E-state index in [0.29, 0.717) is 11.3 Å². The van der Waals surface area contributed by atoms with E-state index in [2.05, 4.69) is 20.3 Å². The molecule has 0 aliphatic carbocycles. The van der Waals surface area contributed by atoms with Crippen LogP contribution in [0.3, 0.4) is 0 Å². The average molecular weight is 356 g/mol. The maximum atomic E-state index is 14.3. The van der Waals surface area contributed by atoms with Crippen molar-refractivity contribution in [3.63, 3.8) is 0 Å². The number of hydrogen-bond acceptors (Lipinski definition) is 6. The van der Waals surface area contributed by atoms with Crippen molar-refractivity contribution in [3.05, 3.63) is 34.4 Å². The first-order chi connectivity index (χ1) is 11.0. The number of nitrogens with zero attached hydrogens (tertiary/aromatic N) is 1. The van der Waals surface area contributed by atoms with Crippen molar-refractivity contribution in [2.24, 2.45) is 0 Å². The molecule has 1 fully saturated rings. The van der Waals surface area contributed by atoms with Crippen LogP contribution in [-0.2, 0) is 10.0 Å². The standard InChI is InChI=1S/C14H17FN4O2S2/c1-9-4-13(23(20,21)19-14-7-22-8-17-14)11(15)5-12(9)18-10-2-3-16-6-10/h4-5,7-8,10,16,18-19H,2-3,6H2,1H3/t10-/m0/s1. The van der Waals surface area contributed by atoms with Crippen LogP contribution in [0.15, 0.2) is 27.9 Å². The van der Waals surface area contributed by atoms with Crippen LogP contribution in [0.25, 0.3) is 0 Å². The molecule has 0 bridgehead atoms. The lowest BCUT2D eigenvalue weighted by Gasteiger charge is -2.17. The Morgan fingerprint density at radius 3 is 2.91 bits per heavy atom. The van der Waals surface area contributed by atoms with Crippen LogP contribution >= 0.6 is 11.3 Å². The summed E-state index contributed by atoms with van der Waals surface area (Å²) >= 11 is 1.26. The monoisotopic (exact) mass is 356 g/mol. The van der Waals surface area contributed by atoms with Gasteiger partial charge in [-0.3, -0.25) is 4.72 Å². The van der Waals surface area contributed by atoms with Gasteiger partial charge in [0.1, 0.15) is 10.7 Å². The zero-order valence-corrected chi connectivity index (χ0v) is 14.1. The third kappa shape index (κ3) is 3.62. The summed E-state index contributed by atoms with van der Waals surface area (Å²) in [6, 6.07) is 2.81. The SMILES string of the molecule is Cc1cc(S(=O)(=O)Nc2cscn2)c(F)cc1N[C@H]1CCNC1. The van der Waals surface area contributed by atoms with E-state index in [0.717, 1.165) is 19.5 Å². The van der Waals surface area contributed by atoms with E-state index in [4.69, 9.17) is 0 Å². The first-order valence-electron chi connectivity index (χ1n) is 7.14. The Labute approximate surface area is 138 Å². The Morgan fingerprint density at radius 1 is 1.43 bits per heavy atom. The van der Waals surface area contributed by atoms with Crippen LogP contribution in [0.4, 0.5) is 15.9 Å². The third-order valence-corrected chi connectivity index (χ3v) is 5.62. The fraction of sp³-hybridized carbons (Fsp3) is 0.357. The predicted octanol–water partition coefficient (Wildman–Crippen LogP) is 2.17. The van der Waals surface area contributed by atoms with Crippen molar-refractivity contribution in [1.82, 2.24) is 10.3 Å². The van der Waals surface area contributed by atoms with Gasteiger partial charge in [-0.1, -0.05) is 0 Å². The topological polar surface area (TPSA) is 83.1 Å². The van der Waals surface area contributed by atoms with Gasteiger partial charge in [-0.2, -0.15) is 0 Å². The lowest BCUT2D eigenvalue weighted by atomic mass is 10.1. The lowest BCUT2D eigenvalue weighted by molar-refractivity contribution is 0.570. The zero-order chi connectivity index (χ0) is 16.4. The molecule has 9 heteroatoms. The van der Waals surface area contributed by atoms with Crippen LogP contribution in [-0.4, -0.2) is 32.5 Å². The van der Waals surface area contributed by atoms with Gasteiger partial charge >= 0.3 is 0 Å². The minimum absolute atomic E-state index is 0.186. The van der Waals surface area contributed by atoms with Crippen LogP contribution < -0.4 is 15.4 Å². The highest BCUT2D eigenvalue weighted by Crippen LogP contribution is 2.26. The summed E-state index contributed by atoms with van der Waals surface area (Å²) in [4.78, 5) is 3.47. The minimum Gasteiger partial charge on any atom is -0.381 e. The van der Waals surface area contributed by atoms with Gasteiger partial charge in [0.05, 0.1) is 5.51 Å². The van der Waals surface area contributed by atoms with Crippen molar-refractivity contribution in [2.75, 3.05) is 23.1 Å². The van der Waals surface area contributed by atoms with Crippen LogP contribution in [0.2, 0.25) is 0 Å². The third-order valence-electron chi connectivity index (χ3n) is 3.66. The first-order valence-corrected chi connectivity index (χ1v) is 9.57. The molecule has 0 unspecified atom stereocenters. The predicted molar refractivity (Wildman–Crippen MR) is 89.0 cm³/mol. The molecule has 1 aliphatic heterocycles. The van der Waals surface area contributed by atoms with Gasteiger partial charge in [0.15, 0.2) is 5.82 Å². The second kappa shape index (κ2) is 6.42. The fourth-order valence-electron chi connectivity index (χ4n) is 2.47. The number of nitrogens with one attached hydrogen (secondary N) is 3. The Hall–Kier alpha value is -1.71. The van der Waals surface area contributed by atoms with Gasteiger partial charge in [-0.05, 0) is 37.6 Å². The Balaban J connectivity index is 1.86. The molecule has 0 saturated carbocycles. The quantitative estimate of drug-likeness (QED) is 0.765. The van der Waals surface area contributed by atoms with Crippen LogP contribution in [0.5, 0.6) is 0 Å². The summed E-state index contributed by atoms with van der Waals surface area (Å²) < 4.78 is 41.2. The normalized spacial score (nSPS) is 18.1. The molecule has 1 aromatic carbocycles. The molecule has 6 nitrogen and oxygen atoms in total. The van der Waals surface area contributed by atoms with Gasteiger partial charge in [0.2, 0.25) is 0 Å². The number of aromatic nitrogens is 1. The Kier molecular flexibility index (Phi) is 4.51. The number of sulfonamides is 1. The van der Waals surface area contributed by atoms with Gasteiger partial charge in [0, 0.05) is 23.7 Å². The molecular formula is C14H17FN4O2S2. The van der Waals surface area contributed by atoms with Gasteiger partial charge in [-0.15, -0.1) is 11.3 Å². The van der Waals surface area contributed by atoms with E-state index in [9.17, 15) is 12.8 Å². The molecule has 23 heavy (non-hydrogen) atoms. The van der Waals surface area contributed by atoms with Crippen molar-refractivity contribution in [2.45, 2.75) is 24.3 Å². The molecule has 3 N–H and O–H groups in total. The molecule has 2 aromatic rings. The van der Waals surface area contributed by atoms with Crippen molar-refractivity contribution < 1.29 is 12.8 Å². The molecule has 2 heterocycles. The second-order valence-corrected chi connectivity index (χ2v) is 7.78. The minimum atomic E-state index is -4.00. The molecule has 3 rings (SSSR count). The molecule has 1 saturated heterocycles. The Bertz CT molecular complexity index is 787. The summed E-state index contributed by atoms with van der Waals surface area (Å²) in [5, 5.41) is 8.01. The van der Waals surface area contributed by atoms with E-state index in [1.807, 2.05) is 0 Å². The first kappa shape index (κ1) is 16.2. The summed E-state index contributed by atoms with van der Waals surface area (Å²) in [5.74, 6) is -0.599. The van der Waals surface area contributed by atoms with E-state index in [-0.39, 0.29) is 16.8 Å². The smallest absolute Gasteiger partial charge is 0.266 e. The average Bonchev–Trinajstić information content (AvgIpc) is 3.15. The molecule has 1 atom stereocenters. The summed E-state index contributed by atoms with van der Waals surface area (Å²) in [5.41, 5.74) is 2.79. The zero-order valence-electron chi connectivity index (χ0n) is 12.5. The summed E-state index contributed by atoms with van der Waals surface area (Å²) in [6.45, 7) is 3.49. The van der Waals surface area contributed by atoms with Gasteiger partial charge in [-0.25, -0.2) is 17.8 Å². The number of benzene rings is 1. The summed E-state index contributed by atoms with van der Waals surface area (Å²) in [6.07, 6.45) is 0.951. The number of halogens is 1. The number of hydrogen-bond donors (Lipinski definition) is 3. The molecule has 1 aromatic heterocycles. The molecular weight excluding hydrogens is 339 g/mol. The van der Waals surface area contributed by atoms with Gasteiger partial charge in [0.25, 0.3) is 10.0 Å². The molecule has 0 amide bonds. The van der Waals surface area contributed by atoms with Gasteiger partial charge < -0.3 is 10.6 Å². The number of anilines is 2. The van der Waals surface area contributed by atoms with Crippen LogP contribution in [0.1, 0.15) is 12.0 Å². The maximum absolute atomic E-state index is 14.3. The highest BCUT2D eigenvalue weighted by atomic mass is 32.2. The maximum Gasteiger partial charge on any atom is 0.266 e.